The van der Waals surface area contributed by atoms with E-state index in [0.717, 1.165) is 59.7 Å². The molecule has 2 N–H and O–H groups in total. The summed E-state index contributed by atoms with van der Waals surface area (Å²) in [6.07, 6.45) is 1.67. The maximum atomic E-state index is 14.1. The highest BCUT2D eigenvalue weighted by Gasteiger charge is 2.16. The van der Waals surface area contributed by atoms with E-state index in [4.69, 9.17) is 9.72 Å². The Morgan fingerprint density at radius 1 is 0.953 bits per heavy atom. The van der Waals surface area contributed by atoms with Gasteiger partial charge in [0.05, 0.1) is 27.3 Å². The van der Waals surface area contributed by atoms with Crippen LogP contribution in [0.15, 0.2) is 84.5 Å². The summed E-state index contributed by atoms with van der Waals surface area (Å²) in [6, 6.07) is 19.2. The van der Waals surface area contributed by atoms with Gasteiger partial charge in [-0.15, -0.1) is 11.3 Å². The van der Waals surface area contributed by atoms with E-state index >= 15 is 0 Å². The van der Waals surface area contributed by atoms with Crippen LogP contribution in [0.4, 0.5) is 26.1 Å². The Morgan fingerprint density at radius 3 is 2.60 bits per heavy atom. The molecule has 2 heterocycles. The molecule has 0 radical (unpaired) electrons. The summed E-state index contributed by atoms with van der Waals surface area (Å²) in [6.45, 7) is 7.68. The van der Waals surface area contributed by atoms with Crippen molar-refractivity contribution in [3.05, 3.63) is 102 Å². The highest BCUT2D eigenvalue weighted by molar-refractivity contribution is 7.13. The molecule has 0 aliphatic heterocycles. The number of rotatable bonds is 12. The maximum Gasteiger partial charge on any atom is 0.258 e. The van der Waals surface area contributed by atoms with Gasteiger partial charge in [-0.2, -0.15) is 0 Å². The van der Waals surface area contributed by atoms with Gasteiger partial charge in [0, 0.05) is 35.7 Å². The number of thiazole rings is 1. The lowest BCUT2D eigenvalue weighted by Gasteiger charge is -2.18. The van der Waals surface area contributed by atoms with E-state index in [9.17, 15) is 13.6 Å². The Hall–Kier alpha value is -4.74. The monoisotopic (exact) mass is 600 g/mol. The zero-order valence-corrected chi connectivity index (χ0v) is 24.5. The van der Waals surface area contributed by atoms with Crippen molar-refractivity contribution in [3.8, 4) is 27.6 Å². The lowest BCUT2D eigenvalue weighted by atomic mass is 10.1. The number of likely N-dealkylation sites (N-methyl/N-ethyl adjacent to an activating group) is 1. The van der Waals surface area contributed by atoms with Gasteiger partial charge in [-0.25, -0.2) is 23.7 Å². The first kappa shape index (κ1) is 29.7. The fraction of sp³-hybridized carbons (Fsp3) is 0.188. The lowest BCUT2D eigenvalue weighted by molar-refractivity contribution is 0.102. The van der Waals surface area contributed by atoms with Crippen molar-refractivity contribution in [2.75, 3.05) is 36.9 Å². The fourth-order valence-corrected chi connectivity index (χ4v) is 5.20. The number of ether oxygens (including phenoxy) is 1. The molecule has 0 aliphatic rings. The summed E-state index contributed by atoms with van der Waals surface area (Å²) in [7, 11) is 0. The summed E-state index contributed by atoms with van der Waals surface area (Å²) < 4.78 is 33.6. The van der Waals surface area contributed by atoms with Crippen molar-refractivity contribution in [3.63, 3.8) is 0 Å². The van der Waals surface area contributed by atoms with Crippen LogP contribution in [-0.2, 0) is 0 Å². The van der Waals surface area contributed by atoms with E-state index in [1.807, 2.05) is 30.3 Å². The van der Waals surface area contributed by atoms with E-state index in [1.165, 1.54) is 11.3 Å². The van der Waals surface area contributed by atoms with Crippen molar-refractivity contribution in [1.82, 2.24) is 19.9 Å². The zero-order chi connectivity index (χ0) is 30.2. The van der Waals surface area contributed by atoms with Gasteiger partial charge in [0.15, 0.2) is 0 Å². The van der Waals surface area contributed by atoms with Gasteiger partial charge in [-0.3, -0.25) is 4.79 Å². The molecule has 220 valence electrons. The van der Waals surface area contributed by atoms with Crippen LogP contribution < -0.4 is 15.4 Å². The molecular formula is C32H30F2N6O2S. The predicted molar refractivity (Wildman–Crippen MR) is 166 cm³/mol. The molecule has 2 aromatic heterocycles. The van der Waals surface area contributed by atoms with Gasteiger partial charge >= 0.3 is 0 Å². The molecule has 3 aromatic carbocycles. The number of aromatic nitrogens is 3. The van der Waals surface area contributed by atoms with Crippen molar-refractivity contribution in [1.29, 1.82) is 0 Å². The zero-order valence-electron chi connectivity index (χ0n) is 23.7. The molecule has 0 bridgehead atoms. The molecule has 11 heteroatoms. The average molecular weight is 601 g/mol. The van der Waals surface area contributed by atoms with Crippen LogP contribution in [0, 0.1) is 11.6 Å². The highest BCUT2D eigenvalue weighted by atomic mass is 32.1. The molecule has 43 heavy (non-hydrogen) atoms. The smallest absolute Gasteiger partial charge is 0.258 e. The van der Waals surface area contributed by atoms with Gasteiger partial charge in [0.25, 0.3) is 5.91 Å². The molecular weight excluding hydrogens is 570 g/mol. The first-order valence-electron chi connectivity index (χ1n) is 13.8. The van der Waals surface area contributed by atoms with Crippen LogP contribution in [0.1, 0.15) is 24.2 Å². The third-order valence-electron chi connectivity index (χ3n) is 6.68. The van der Waals surface area contributed by atoms with E-state index in [1.54, 1.807) is 36.0 Å². The molecule has 0 atom stereocenters. The molecule has 0 saturated carbocycles. The lowest BCUT2D eigenvalue weighted by Crippen LogP contribution is -2.27. The van der Waals surface area contributed by atoms with Crippen LogP contribution in [0.25, 0.3) is 21.8 Å². The predicted octanol–water partition coefficient (Wildman–Crippen LogP) is 7.26. The third-order valence-corrected chi connectivity index (χ3v) is 7.53. The second-order valence-corrected chi connectivity index (χ2v) is 10.3. The van der Waals surface area contributed by atoms with Crippen LogP contribution in [0.5, 0.6) is 5.75 Å². The quantitative estimate of drug-likeness (QED) is 0.156. The minimum absolute atomic E-state index is 0.377. The van der Waals surface area contributed by atoms with Crippen molar-refractivity contribution in [2.24, 2.45) is 0 Å². The number of hydrogen-bond donors (Lipinski definition) is 2. The average Bonchev–Trinajstić information content (AvgIpc) is 3.51. The SMILES string of the molecule is CCN(CC)CCOc1cccc(Nc2nccc(-c3scnc3-c3cccc(NC(=O)c4cc(F)ccc4F)c3)n2)c1. The van der Waals surface area contributed by atoms with Crippen LogP contribution in [0.2, 0.25) is 0 Å². The van der Waals surface area contributed by atoms with Crippen molar-refractivity contribution < 1.29 is 18.3 Å². The van der Waals surface area contributed by atoms with Crippen LogP contribution in [-0.4, -0.2) is 52.0 Å². The number of carbonyl (C=O) groups excluding carboxylic acids is 1. The molecule has 0 unspecified atom stereocenters. The van der Waals surface area contributed by atoms with E-state index < -0.39 is 17.5 Å². The molecule has 0 fully saturated rings. The van der Waals surface area contributed by atoms with Crippen LogP contribution >= 0.6 is 11.3 Å². The number of halogens is 2. The Morgan fingerprint density at radius 2 is 1.77 bits per heavy atom. The minimum atomic E-state index is -0.806. The van der Waals surface area contributed by atoms with Gasteiger partial charge in [0.1, 0.15) is 24.0 Å². The van der Waals surface area contributed by atoms with Crippen molar-refractivity contribution in [2.45, 2.75) is 13.8 Å². The summed E-state index contributed by atoms with van der Waals surface area (Å²) in [5.74, 6) is -1.09. The topological polar surface area (TPSA) is 92.3 Å². The minimum Gasteiger partial charge on any atom is -0.492 e. The molecule has 0 spiro atoms. The number of carbonyl (C=O) groups is 1. The molecule has 5 rings (SSSR count). The molecule has 5 aromatic rings. The van der Waals surface area contributed by atoms with E-state index in [0.29, 0.717) is 29.6 Å². The van der Waals surface area contributed by atoms with Gasteiger partial charge in [0.2, 0.25) is 5.95 Å². The largest absolute Gasteiger partial charge is 0.492 e. The van der Waals surface area contributed by atoms with E-state index in [2.05, 4.69) is 39.3 Å². The maximum absolute atomic E-state index is 14.1. The molecule has 0 saturated heterocycles. The summed E-state index contributed by atoms with van der Waals surface area (Å²) in [5, 5.41) is 5.88. The summed E-state index contributed by atoms with van der Waals surface area (Å²) in [4.78, 5) is 29.4. The number of nitrogens with one attached hydrogen (secondary N) is 2. The van der Waals surface area contributed by atoms with E-state index in [-0.39, 0.29) is 5.56 Å². The third kappa shape index (κ3) is 7.56. The highest BCUT2D eigenvalue weighted by Crippen LogP contribution is 2.35. The Kier molecular flexibility index (Phi) is 9.65. The number of amides is 1. The van der Waals surface area contributed by atoms with Gasteiger partial charge in [-0.05, 0) is 61.6 Å². The van der Waals surface area contributed by atoms with Crippen molar-refractivity contribution >= 4 is 34.6 Å². The Balaban J connectivity index is 1.31. The first-order valence-corrected chi connectivity index (χ1v) is 14.7. The van der Waals surface area contributed by atoms with Gasteiger partial charge < -0.3 is 20.3 Å². The number of anilines is 3. The molecule has 0 aliphatic carbocycles. The normalized spacial score (nSPS) is 11.0. The van der Waals surface area contributed by atoms with Gasteiger partial charge in [-0.1, -0.05) is 32.0 Å². The first-order chi connectivity index (χ1) is 20.9. The second kappa shape index (κ2) is 14.0. The van der Waals surface area contributed by atoms with Crippen LogP contribution in [0.3, 0.4) is 0 Å². The Labute approximate surface area is 252 Å². The summed E-state index contributed by atoms with van der Waals surface area (Å²) in [5.41, 5.74) is 4.58. The number of benzene rings is 3. The summed E-state index contributed by atoms with van der Waals surface area (Å²) >= 11 is 1.42. The molecule has 1 amide bonds. The standard InChI is InChI=1S/C32H30F2N6O2S/c1-3-40(4-2)15-16-42-25-10-6-9-24(19-25)38-32-35-14-13-28(39-32)30-29(36-20-43-30)21-7-5-8-23(17-21)37-31(41)26-18-22(33)11-12-27(26)34/h5-14,17-20H,3-4,15-16H2,1-2H3,(H,37,41)(H,35,38,39). The fourth-order valence-electron chi connectivity index (χ4n) is 4.42. The molecule has 8 nitrogen and oxygen atoms in total. The number of hydrogen-bond acceptors (Lipinski definition) is 8. The second-order valence-electron chi connectivity index (χ2n) is 9.48. The number of nitrogens with zero attached hydrogens (tertiary/aromatic N) is 4. The Bertz CT molecular complexity index is 1710.